The van der Waals surface area contributed by atoms with Crippen LogP contribution in [-0.2, 0) is 14.8 Å². The summed E-state index contributed by atoms with van der Waals surface area (Å²) >= 11 is 0.803. The fraction of sp³-hybridized carbons (Fsp3) is 0.471. The maximum absolute atomic E-state index is 12.8. The Kier molecular flexibility index (Phi) is 5.60. The van der Waals surface area contributed by atoms with E-state index >= 15 is 0 Å². The molecule has 9 nitrogen and oxygen atoms in total. The van der Waals surface area contributed by atoms with Gasteiger partial charge in [-0.2, -0.15) is 0 Å². The van der Waals surface area contributed by atoms with Crippen LogP contribution in [0, 0.1) is 0 Å². The van der Waals surface area contributed by atoms with E-state index in [1.54, 1.807) is 32.2 Å². The second-order valence-electron chi connectivity index (χ2n) is 6.92. The molecular formula is C17H22N4O5S2. The first kappa shape index (κ1) is 20.5. The third-order valence-electron chi connectivity index (χ3n) is 4.18. The van der Waals surface area contributed by atoms with Crippen LogP contribution in [0.2, 0.25) is 0 Å². The number of ether oxygens (including phenoxy) is 2. The van der Waals surface area contributed by atoms with Gasteiger partial charge in [-0.1, -0.05) is 24.3 Å². The zero-order valence-electron chi connectivity index (χ0n) is 16.0. The molecule has 1 atom stereocenters. The van der Waals surface area contributed by atoms with Crippen molar-refractivity contribution in [3.63, 3.8) is 0 Å². The minimum Gasteiger partial charge on any atom is -0.497 e. The van der Waals surface area contributed by atoms with Crippen LogP contribution in [-0.4, -0.2) is 37.2 Å². The number of carbonyl (C=O) groups is 1. The van der Waals surface area contributed by atoms with Crippen LogP contribution in [0.5, 0.6) is 11.5 Å². The van der Waals surface area contributed by atoms with Crippen molar-refractivity contribution in [3.8, 4) is 11.5 Å². The summed E-state index contributed by atoms with van der Waals surface area (Å²) in [5.74, 6) is 0.928. The van der Waals surface area contributed by atoms with E-state index < -0.39 is 21.7 Å². The number of amides is 1. The van der Waals surface area contributed by atoms with Crippen molar-refractivity contribution in [1.29, 1.82) is 0 Å². The molecule has 2 aromatic rings. The van der Waals surface area contributed by atoms with Gasteiger partial charge in [-0.15, -0.1) is 10.2 Å². The summed E-state index contributed by atoms with van der Waals surface area (Å²) in [4.78, 5) is 11.5. The molecular weight excluding hydrogens is 404 g/mol. The first-order chi connectivity index (χ1) is 13.1. The Hall–Kier alpha value is -2.24. The first-order valence-corrected chi connectivity index (χ1v) is 11.0. The average Bonchev–Trinajstić information content (AvgIpc) is 3.09. The van der Waals surface area contributed by atoms with Crippen LogP contribution < -0.4 is 19.5 Å². The molecule has 1 aliphatic heterocycles. The summed E-state index contributed by atoms with van der Waals surface area (Å²) in [6.07, 6.45) is 0.696. The van der Waals surface area contributed by atoms with Crippen LogP contribution in [0.3, 0.4) is 0 Å². The number of aromatic nitrogens is 2. The molecule has 0 saturated carbocycles. The molecule has 1 aromatic heterocycles. The highest BCUT2D eigenvalue weighted by atomic mass is 32.2. The molecule has 1 aromatic carbocycles. The molecule has 152 valence electrons. The monoisotopic (exact) mass is 426 g/mol. The fourth-order valence-electron chi connectivity index (χ4n) is 2.88. The molecule has 0 aliphatic carbocycles. The normalized spacial score (nSPS) is 18.1. The molecule has 11 heteroatoms. The largest absolute Gasteiger partial charge is 0.497 e. The van der Waals surface area contributed by atoms with E-state index in [0.29, 0.717) is 23.5 Å². The number of fused-ring (bicyclic) bond motifs is 1. The van der Waals surface area contributed by atoms with E-state index in [1.165, 1.54) is 0 Å². The van der Waals surface area contributed by atoms with Crippen LogP contribution in [0.25, 0.3) is 0 Å². The second kappa shape index (κ2) is 7.64. The van der Waals surface area contributed by atoms with E-state index in [1.807, 2.05) is 13.8 Å². The predicted octanol–water partition coefficient (Wildman–Crippen LogP) is 2.48. The minimum atomic E-state index is -3.93. The predicted molar refractivity (Wildman–Crippen MR) is 104 cm³/mol. The zero-order valence-corrected chi connectivity index (χ0v) is 17.6. The molecule has 2 heterocycles. The van der Waals surface area contributed by atoms with Gasteiger partial charge in [-0.05, 0) is 19.9 Å². The average molecular weight is 427 g/mol. The quantitative estimate of drug-likeness (QED) is 0.681. The van der Waals surface area contributed by atoms with Crippen LogP contribution >= 0.6 is 11.3 Å². The smallest absolute Gasteiger partial charge is 0.270 e. The van der Waals surface area contributed by atoms with Gasteiger partial charge >= 0.3 is 0 Å². The number of nitrogens with one attached hydrogen (secondary N) is 2. The van der Waals surface area contributed by atoms with Gasteiger partial charge in [0, 0.05) is 24.5 Å². The Morgan fingerprint density at radius 1 is 1.39 bits per heavy atom. The SMILES string of the molecule is CCC(=O)Nc1nnc(S(=O)(=O)N[C@@H]2CC(C)(C)Oc3cc(OC)ccc32)s1. The van der Waals surface area contributed by atoms with Gasteiger partial charge in [0.2, 0.25) is 15.4 Å². The van der Waals surface area contributed by atoms with Gasteiger partial charge in [0.15, 0.2) is 0 Å². The van der Waals surface area contributed by atoms with E-state index in [4.69, 9.17) is 9.47 Å². The third-order valence-corrected chi connectivity index (χ3v) is 6.86. The number of rotatable bonds is 6. The minimum absolute atomic E-state index is 0.143. The second-order valence-corrected chi connectivity index (χ2v) is 9.78. The number of methoxy groups -OCH3 is 1. The van der Waals surface area contributed by atoms with Crippen LogP contribution in [0.4, 0.5) is 5.13 Å². The summed E-state index contributed by atoms with van der Waals surface area (Å²) in [5.41, 5.74) is 0.140. The van der Waals surface area contributed by atoms with E-state index in [0.717, 1.165) is 11.3 Å². The van der Waals surface area contributed by atoms with Gasteiger partial charge in [-0.3, -0.25) is 4.79 Å². The molecule has 0 saturated heterocycles. The molecule has 0 fully saturated rings. The highest BCUT2D eigenvalue weighted by Crippen LogP contribution is 2.42. The Morgan fingerprint density at radius 3 is 2.82 bits per heavy atom. The van der Waals surface area contributed by atoms with Gasteiger partial charge in [0.1, 0.15) is 17.1 Å². The van der Waals surface area contributed by atoms with Crippen molar-refractivity contribution in [2.75, 3.05) is 12.4 Å². The van der Waals surface area contributed by atoms with E-state index in [-0.39, 0.29) is 21.8 Å². The lowest BCUT2D eigenvalue weighted by Crippen LogP contribution is -2.41. The van der Waals surface area contributed by atoms with Crippen molar-refractivity contribution in [2.45, 2.75) is 49.6 Å². The molecule has 1 aliphatic rings. The van der Waals surface area contributed by atoms with Crippen molar-refractivity contribution < 1.29 is 22.7 Å². The molecule has 0 unspecified atom stereocenters. The van der Waals surface area contributed by atoms with E-state index in [2.05, 4.69) is 20.2 Å². The number of nitrogens with zero attached hydrogens (tertiary/aromatic N) is 2. The van der Waals surface area contributed by atoms with Crippen molar-refractivity contribution >= 4 is 32.4 Å². The summed E-state index contributed by atoms with van der Waals surface area (Å²) in [6, 6.07) is 4.77. The number of benzene rings is 1. The lowest BCUT2D eigenvalue weighted by Gasteiger charge is -2.37. The molecule has 2 N–H and O–H groups in total. The Balaban J connectivity index is 1.87. The number of sulfonamides is 1. The van der Waals surface area contributed by atoms with Crippen molar-refractivity contribution in [1.82, 2.24) is 14.9 Å². The maximum atomic E-state index is 12.8. The lowest BCUT2D eigenvalue weighted by molar-refractivity contribution is -0.115. The first-order valence-electron chi connectivity index (χ1n) is 8.66. The molecule has 1 amide bonds. The topological polar surface area (TPSA) is 120 Å². The number of carbonyl (C=O) groups excluding carboxylic acids is 1. The highest BCUT2D eigenvalue weighted by Gasteiger charge is 2.37. The summed E-state index contributed by atoms with van der Waals surface area (Å²) in [6.45, 7) is 5.47. The number of anilines is 1. The maximum Gasteiger partial charge on any atom is 0.270 e. The summed E-state index contributed by atoms with van der Waals surface area (Å²) in [7, 11) is -2.38. The van der Waals surface area contributed by atoms with Gasteiger partial charge in [0.25, 0.3) is 10.0 Å². The van der Waals surface area contributed by atoms with Crippen LogP contribution in [0.15, 0.2) is 22.5 Å². The molecule has 28 heavy (non-hydrogen) atoms. The molecule has 0 radical (unpaired) electrons. The Morgan fingerprint density at radius 2 is 2.14 bits per heavy atom. The highest BCUT2D eigenvalue weighted by molar-refractivity contribution is 7.91. The number of hydrogen-bond acceptors (Lipinski definition) is 8. The number of hydrogen-bond donors (Lipinski definition) is 2. The molecule has 0 bridgehead atoms. The third kappa shape index (κ3) is 4.42. The van der Waals surface area contributed by atoms with Gasteiger partial charge < -0.3 is 14.8 Å². The molecule has 3 rings (SSSR count). The summed E-state index contributed by atoms with van der Waals surface area (Å²) < 4.78 is 39.4. The Labute approximate surface area is 167 Å². The van der Waals surface area contributed by atoms with Gasteiger partial charge in [0.05, 0.1) is 13.2 Å². The van der Waals surface area contributed by atoms with Crippen LogP contribution in [0.1, 0.15) is 45.2 Å². The van der Waals surface area contributed by atoms with Gasteiger partial charge in [-0.25, -0.2) is 13.1 Å². The van der Waals surface area contributed by atoms with Crippen molar-refractivity contribution in [2.24, 2.45) is 0 Å². The standard InChI is InChI=1S/C17H22N4O5S2/c1-5-14(22)18-15-19-20-16(27-15)28(23,24)21-12-9-17(2,3)26-13-8-10(25-4)6-7-11(12)13/h6-8,12,21H,5,9H2,1-4H3,(H,18,19,22)/t12-/m1/s1. The van der Waals surface area contributed by atoms with Crippen molar-refractivity contribution in [3.05, 3.63) is 23.8 Å². The Bertz CT molecular complexity index is 987. The van der Waals surface area contributed by atoms with E-state index in [9.17, 15) is 13.2 Å². The lowest BCUT2D eigenvalue weighted by atomic mass is 9.90. The zero-order chi connectivity index (χ0) is 20.5. The summed E-state index contributed by atoms with van der Waals surface area (Å²) in [5, 5.41) is 10.1. The fourth-order valence-corrected chi connectivity index (χ4v) is 5.03. The molecule has 0 spiro atoms.